The number of fused-ring (bicyclic) bond motifs is 3. The summed E-state index contributed by atoms with van der Waals surface area (Å²) in [5.41, 5.74) is 1.89. The molecule has 2 aliphatic heterocycles. The van der Waals surface area contributed by atoms with E-state index in [0.29, 0.717) is 0 Å². The van der Waals surface area contributed by atoms with Gasteiger partial charge in [0.2, 0.25) is 0 Å². The first-order valence-electron chi connectivity index (χ1n) is 5.48. The summed E-state index contributed by atoms with van der Waals surface area (Å²) in [6.45, 7) is 1.92. The maximum Gasteiger partial charge on any atom is 0.415 e. The Morgan fingerprint density at radius 3 is 3.12 bits per heavy atom. The van der Waals surface area contributed by atoms with Crippen molar-refractivity contribution in [2.24, 2.45) is 0 Å². The molecule has 1 amide bonds. The standard InChI is InChI=1S/C12H13NO3/c1-7-10-4-2-8-6-9(14)3-5-11(8)13(10)12(15)16-7/h3,5-7,10,14H,2,4H2,1H3. The lowest BCUT2D eigenvalue weighted by atomic mass is 9.94. The Hall–Kier alpha value is -1.71. The number of benzene rings is 1. The zero-order chi connectivity index (χ0) is 11.3. The average molecular weight is 219 g/mol. The fraction of sp³-hybridized carbons (Fsp3) is 0.417. The van der Waals surface area contributed by atoms with Crippen LogP contribution in [0.4, 0.5) is 10.5 Å². The van der Waals surface area contributed by atoms with Gasteiger partial charge in [-0.05, 0) is 43.5 Å². The number of phenols is 1. The van der Waals surface area contributed by atoms with Crippen LogP contribution in [0.2, 0.25) is 0 Å². The SMILES string of the molecule is CC1OC(=O)N2c3ccc(O)cc3CCC12. The van der Waals surface area contributed by atoms with Gasteiger partial charge in [0.25, 0.3) is 0 Å². The van der Waals surface area contributed by atoms with Crippen LogP contribution in [-0.4, -0.2) is 23.3 Å². The minimum atomic E-state index is -0.274. The number of carbonyl (C=O) groups is 1. The van der Waals surface area contributed by atoms with Crippen molar-refractivity contribution in [2.75, 3.05) is 4.90 Å². The van der Waals surface area contributed by atoms with Gasteiger partial charge in [0.05, 0.1) is 11.7 Å². The molecule has 2 heterocycles. The van der Waals surface area contributed by atoms with Crippen molar-refractivity contribution in [3.8, 4) is 5.75 Å². The predicted molar refractivity (Wildman–Crippen MR) is 58.6 cm³/mol. The Morgan fingerprint density at radius 2 is 2.31 bits per heavy atom. The first kappa shape index (κ1) is 9.51. The lowest BCUT2D eigenvalue weighted by Gasteiger charge is -2.30. The second-order valence-corrected chi connectivity index (χ2v) is 4.38. The van der Waals surface area contributed by atoms with Crippen molar-refractivity contribution >= 4 is 11.8 Å². The van der Waals surface area contributed by atoms with E-state index in [4.69, 9.17) is 4.74 Å². The molecule has 1 fully saturated rings. The van der Waals surface area contributed by atoms with E-state index in [9.17, 15) is 9.90 Å². The second kappa shape index (κ2) is 3.14. The number of ether oxygens (including phenoxy) is 1. The van der Waals surface area contributed by atoms with Gasteiger partial charge in [-0.1, -0.05) is 0 Å². The van der Waals surface area contributed by atoms with E-state index in [1.54, 1.807) is 23.1 Å². The second-order valence-electron chi connectivity index (χ2n) is 4.38. The smallest absolute Gasteiger partial charge is 0.415 e. The molecule has 0 aliphatic carbocycles. The normalized spacial score (nSPS) is 27.3. The highest BCUT2D eigenvalue weighted by Gasteiger charge is 2.42. The Morgan fingerprint density at radius 1 is 1.50 bits per heavy atom. The topological polar surface area (TPSA) is 49.8 Å². The van der Waals surface area contributed by atoms with Crippen molar-refractivity contribution in [1.29, 1.82) is 0 Å². The lowest BCUT2D eigenvalue weighted by Crippen LogP contribution is -2.39. The quantitative estimate of drug-likeness (QED) is 0.726. The lowest BCUT2D eigenvalue weighted by molar-refractivity contribution is 0.140. The third kappa shape index (κ3) is 1.19. The van der Waals surface area contributed by atoms with Gasteiger partial charge in [-0.3, -0.25) is 4.90 Å². The summed E-state index contributed by atoms with van der Waals surface area (Å²) in [7, 11) is 0. The molecular weight excluding hydrogens is 206 g/mol. The number of cyclic esters (lactones) is 1. The highest BCUT2D eigenvalue weighted by molar-refractivity contribution is 5.92. The molecule has 2 unspecified atom stereocenters. The fourth-order valence-electron chi connectivity index (χ4n) is 2.59. The van der Waals surface area contributed by atoms with Gasteiger partial charge in [-0.15, -0.1) is 0 Å². The maximum atomic E-state index is 11.7. The molecule has 1 aromatic carbocycles. The van der Waals surface area contributed by atoms with Crippen molar-refractivity contribution in [2.45, 2.75) is 31.9 Å². The molecule has 4 heteroatoms. The van der Waals surface area contributed by atoms with Gasteiger partial charge < -0.3 is 9.84 Å². The highest BCUT2D eigenvalue weighted by atomic mass is 16.6. The zero-order valence-corrected chi connectivity index (χ0v) is 9.01. The molecule has 2 atom stereocenters. The summed E-state index contributed by atoms with van der Waals surface area (Å²) in [6.07, 6.45) is 1.45. The Kier molecular flexibility index (Phi) is 1.87. The Balaban J connectivity index is 2.09. The number of aryl methyl sites for hydroxylation is 1. The molecule has 0 bridgehead atoms. The largest absolute Gasteiger partial charge is 0.508 e. The Bertz CT molecular complexity index is 458. The first-order chi connectivity index (χ1) is 7.66. The summed E-state index contributed by atoms with van der Waals surface area (Å²) >= 11 is 0. The monoisotopic (exact) mass is 219 g/mol. The van der Waals surface area contributed by atoms with E-state index in [1.165, 1.54) is 0 Å². The minimum Gasteiger partial charge on any atom is -0.508 e. The molecular formula is C12H13NO3. The number of amides is 1. The maximum absolute atomic E-state index is 11.7. The van der Waals surface area contributed by atoms with Crippen LogP contribution in [0.1, 0.15) is 18.9 Å². The summed E-state index contributed by atoms with van der Waals surface area (Å²) in [4.78, 5) is 13.4. The van der Waals surface area contributed by atoms with E-state index < -0.39 is 0 Å². The van der Waals surface area contributed by atoms with E-state index in [1.807, 2.05) is 6.92 Å². The van der Waals surface area contributed by atoms with E-state index in [2.05, 4.69) is 0 Å². The van der Waals surface area contributed by atoms with Crippen molar-refractivity contribution in [1.82, 2.24) is 0 Å². The van der Waals surface area contributed by atoms with Gasteiger partial charge >= 0.3 is 6.09 Å². The van der Waals surface area contributed by atoms with Crippen LogP contribution in [0.3, 0.4) is 0 Å². The summed E-state index contributed by atoms with van der Waals surface area (Å²) in [6, 6.07) is 5.26. The van der Waals surface area contributed by atoms with Gasteiger partial charge in [0.15, 0.2) is 0 Å². The number of rotatable bonds is 0. The van der Waals surface area contributed by atoms with Gasteiger partial charge in [0, 0.05) is 0 Å². The molecule has 4 nitrogen and oxygen atoms in total. The van der Waals surface area contributed by atoms with Crippen molar-refractivity contribution in [3.05, 3.63) is 23.8 Å². The molecule has 0 aromatic heterocycles. The number of hydrogen-bond donors (Lipinski definition) is 1. The predicted octanol–water partition coefficient (Wildman–Crippen LogP) is 2.05. The number of carbonyl (C=O) groups excluding carboxylic acids is 1. The fourth-order valence-corrected chi connectivity index (χ4v) is 2.59. The van der Waals surface area contributed by atoms with E-state index >= 15 is 0 Å². The van der Waals surface area contributed by atoms with Gasteiger partial charge in [-0.25, -0.2) is 4.79 Å². The molecule has 0 spiro atoms. The van der Waals surface area contributed by atoms with Crippen molar-refractivity contribution in [3.63, 3.8) is 0 Å². The number of phenolic OH excluding ortho intramolecular Hbond substituents is 1. The average Bonchev–Trinajstić information content (AvgIpc) is 2.54. The van der Waals surface area contributed by atoms with Gasteiger partial charge in [0.1, 0.15) is 11.9 Å². The van der Waals surface area contributed by atoms with Gasteiger partial charge in [-0.2, -0.15) is 0 Å². The third-order valence-electron chi connectivity index (χ3n) is 3.39. The van der Waals surface area contributed by atoms with Crippen LogP contribution in [0, 0.1) is 0 Å². The number of anilines is 1. The van der Waals surface area contributed by atoms with E-state index in [0.717, 1.165) is 24.1 Å². The molecule has 1 N–H and O–H groups in total. The number of nitrogens with zero attached hydrogens (tertiary/aromatic N) is 1. The molecule has 0 saturated carbocycles. The molecule has 1 saturated heterocycles. The summed E-state index contributed by atoms with van der Waals surface area (Å²) < 4.78 is 5.22. The number of aromatic hydroxyl groups is 1. The van der Waals surface area contributed by atoms with Crippen LogP contribution in [-0.2, 0) is 11.2 Å². The molecule has 3 rings (SSSR count). The summed E-state index contributed by atoms with van der Waals surface area (Å²) in [5.74, 6) is 0.248. The molecule has 0 radical (unpaired) electrons. The molecule has 84 valence electrons. The van der Waals surface area contributed by atoms with E-state index in [-0.39, 0.29) is 24.0 Å². The molecule has 2 aliphatic rings. The van der Waals surface area contributed by atoms with Crippen molar-refractivity contribution < 1.29 is 14.6 Å². The van der Waals surface area contributed by atoms with Crippen LogP contribution >= 0.6 is 0 Å². The Labute approximate surface area is 93.4 Å². The zero-order valence-electron chi connectivity index (χ0n) is 9.01. The molecule has 16 heavy (non-hydrogen) atoms. The molecule has 1 aromatic rings. The van der Waals surface area contributed by atoms with Crippen LogP contribution in [0.25, 0.3) is 0 Å². The number of hydrogen-bond acceptors (Lipinski definition) is 3. The first-order valence-corrected chi connectivity index (χ1v) is 5.48. The third-order valence-corrected chi connectivity index (χ3v) is 3.39. The minimum absolute atomic E-state index is 0.0468. The summed E-state index contributed by atoms with van der Waals surface area (Å²) in [5, 5.41) is 9.41. The van der Waals surface area contributed by atoms with Crippen LogP contribution in [0.15, 0.2) is 18.2 Å². The van der Waals surface area contributed by atoms with Crippen LogP contribution in [0.5, 0.6) is 5.75 Å². The highest BCUT2D eigenvalue weighted by Crippen LogP contribution is 2.38. The van der Waals surface area contributed by atoms with Crippen LogP contribution < -0.4 is 4.90 Å².